The summed E-state index contributed by atoms with van der Waals surface area (Å²) in [5, 5.41) is 3.31. The molecule has 1 aromatic heterocycles. The van der Waals surface area contributed by atoms with Gasteiger partial charge in [-0.3, -0.25) is 0 Å². The van der Waals surface area contributed by atoms with Crippen LogP contribution in [0.25, 0.3) is 0 Å². The molecule has 0 saturated carbocycles. The minimum absolute atomic E-state index is 0.625. The molecule has 0 spiro atoms. The van der Waals surface area contributed by atoms with Gasteiger partial charge in [0, 0.05) is 12.8 Å². The van der Waals surface area contributed by atoms with Crippen LogP contribution in [0, 0.1) is 0 Å². The van der Waals surface area contributed by atoms with Crippen molar-refractivity contribution in [2.24, 2.45) is 0 Å². The first kappa shape index (κ1) is 12.2. The molecule has 0 radical (unpaired) electrons. The van der Waals surface area contributed by atoms with Crippen molar-refractivity contribution in [3.05, 3.63) is 52.4 Å². The average molecular weight is 296 g/mol. The van der Waals surface area contributed by atoms with Crippen molar-refractivity contribution in [3.63, 3.8) is 0 Å². The molecule has 17 heavy (non-hydrogen) atoms. The van der Waals surface area contributed by atoms with Crippen molar-refractivity contribution in [1.82, 2.24) is 0 Å². The van der Waals surface area contributed by atoms with E-state index in [1.165, 1.54) is 0 Å². The fraction of sp³-hybridized carbons (Fsp3) is 0.231. The first-order chi connectivity index (χ1) is 8.29. The van der Waals surface area contributed by atoms with Gasteiger partial charge in [-0.25, -0.2) is 0 Å². The number of benzene rings is 1. The fourth-order valence-electron chi connectivity index (χ4n) is 1.57. The molecule has 0 aliphatic heterocycles. The Bertz CT molecular complexity index is 482. The van der Waals surface area contributed by atoms with Gasteiger partial charge in [0.05, 0.1) is 23.9 Å². The molecule has 0 bridgehead atoms. The number of furan rings is 1. The van der Waals surface area contributed by atoms with Gasteiger partial charge >= 0.3 is 0 Å². The number of halogens is 1. The maximum absolute atomic E-state index is 5.33. The van der Waals surface area contributed by atoms with Gasteiger partial charge in [0.1, 0.15) is 5.76 Å². The maximum atomic E-state index is 5.33. The first-order valence-electron chi connectivity index (χ1n) is 5.33. The molecule has 1 heterocycles. The summed E-state index contributed by atoms with van der Waals surface area (Å²) in [6.07, 6.45) is 1.67. The van der Waals surface area contributed by atoms with Crippen LogP contribution in [0.2, 0.25) is 0 Å². The van der Waals surface area contributed by atoms with E-state index in [0.29, 0.717) is 13.2 Å². The van der Waals surface area contributed by atoms with Gasteiger partial charge in [-0.1, -0.05) is 12.1 Å². The van der Waals surface area contributed by atoms with E-state index in [0.717, 1.165) is 21.5 Å². The molecule has 0 saturated heterocycles. The third kappa shape index (κ3) is 3.35. The van der Waals surface area contributed by atoms with E-state index in [9.17, 15) is 0 Å². The second-order valence-corrected chi connectivity index (χ2v) is 4.53. The van der Waals surface area contributed by atoms with Crippen molar-refractivity contribution in [2.45, 2.75) is 13.2 Å². The summed E-state index contributed by atoms with van der Waals surface area (Å²) in [5.74, 6) is 0.891. The molecule has 0 amide bonds. The van der Waals surface area contributed by atoms with E-state index < -0.39 is 0 Å². The Labute approximate surface area is 109 Å². The second-order valence-electron chi connectivity index (χ2n) is 3.68. The minimum Gasteiger partial charge on any atom is -0.466 e. The van der Waals surface area contributed by atoms with E-state index in [-0.39, 0.29) is 0 Å². The molecule has 0 aliphatic rings. The van der Waals surface area contributed by atoms with E-state index in [4.69, 9.17) is 9.15 Å². The first-order valence-corrected chi connectivity index (χ1v) is 6.12. The second kappa shape index (κ2) is 5.89. The summed E-state index contributed by atoms with van der Waals surface area (Å²) in [5.41, 5.74) is 2.21. The van der Waals surface area contributed by atoms with E-state index in [1.807, 2.05) is 24.3 Å². The maximum Gasteiger partial charge on any atom is 0.136 e. The molecular formula is C13H14BrNO2. The van der Waals surface area contributed by atoms with Crippen LogP contribution in [0.5, 0.6) is 0 Å². The van der Waals surface area contributed by atoms with Crippen molar-refractivity contribution in [1.29, 1.82) is 0 Å². The predicted octanol–water partition coefficient (Wildman–Crippen LogP) is 3.80. The van der Waals surface area contributed by atoms with Crippen molar-refractivity contribution in [2.75, 3.05) is 12.4 Å². The highest BCUT2D eigenvalue weighted by Crippen LogP contribution is 2.19. The highest BCUT2D eigenvalue weighted by atomic mass is 79.9. The predicted molar refractivity (Wildman–Crippen MR) is 70.9 cm³/mol. The zero-order chi connectivity index (χ0) is 12.1. The largest absolute Gasteiger partial charge is 0.466 e. The Morgan fingerprint density at radius 2 is 2.24 bits per heavy atom. The normalized spacial score (nSPS) is 10.5. The van der Waals surface area contributed by atoms with Gasteiger partial charge < -0.3 is 14.5 Å². The molecule has 4 heteroatoms. The van der Waals surface area contributed by atoms with Crippen molar-refractivity contribution >= 4 is 21.6 Å². The van der Waals surface area contributed by atoms with Crippen LogP contribution in [0.1, 0.15) is 11.3 Å². The SMILES string of the molecule is COCc1cccc(NCc2occc2Br)c1. The Kier molecular flexibility index (Phi) is 4.23. The van der Waals surface area contributed by atoms with Crippen molar-refractivity contribution < 1.29 is 9.15 Å². The lowest BCUT2D eigenvalue weighted by Gasteiger charge is -2.07. The molecule has 1 N–H and O–H groups in total. The average Bonchev–Trinajstić information content (AvgIpc) is 2.73. The van der Waals surface area contributed by atoms with Crippen LogP contribution in [-0.4, -0.2) is 7.11 Å². The monoisotopic (exact) mass is 295 g/mol. The zero-order valence-corrected chi connectivity index (χ0v) is 11.2. The molecule has 0 aliphatic carbocycles. The molecule has 0 atom stereocenters. The number of rotatable bonds is 5. The van der Waals surface area contributed by atoms with Gasteiger partial charge in [-0.15, -0.1) is 0 Å². The zero-order valence-electron chi connectivity index (χ0n) is 9.57. The summed E-state index contributed by atoms with van der Waals surface area (Å²) in [7, 11) is 1.69. The van der Waals surface area contributed by atoms with E-state index in [2.05, 4.69) is 27.3 Å². The molecule has 0 unspecified atom stereocenters. The fourth-order valence-corrected chi connectivity index (χ4v) is 1.91. The van der Waals surface area contributed by atoms with Crippen LogP contribution in [0.4, 0.5) is 5.69 Å². The third-order valence-electron chi connectivity index (χ3n) is 2.38. The number of ether oxygens (including phenoxy) is 1. The number of nitrogens with one attached hydrogen (secondary N) is 1. The van der Waals surface area contributed by atoms with E-state index >= 15 is 0 Å². The van der Waals surface area contributed by atoms with Crippen LogP contribution in [-0.2, 0) is 17.9 Å². The van der Waals surface area contributed by atoms with Gasteiger partial charge in [-0.2, -0.15) is 0 Å². The molecule has 2 rings (SSSR count). The third-order valence-corrected chi connectivity index (χ3v) is 3.09. The quantitative estimate of drug-likeness (QED) is 0.911. The summed E-state index contributed by atoms with van der Waals surface area (Å²) < 4.78 is 11.4. The molecule has 3 nitrogen and oxygen atoms in total. The van der Waals surface area contributed by atoms with Crippen LogP contribution in [0.3, 0.4) is 0 Å². The number of hydrogen-bond donors (Lipinski definition) is 1. The van der Waals surface area contributed by atoms with Gasteiger partial charge in [0.2, 0.25) is 0 Å². The molecule has 90 valence electrons. The summed E-state index contributed by atoms with van der Waals surface area (Å²) in [6.45, 7) is 1.28. The lowest BCUT2D eigenvalue weighted by Crippen LogP contribution is -1.99. The Morgan fingerprint density at radius 3 is 2.94 bits per heavy atom. The number of anilines is 1. The van der Waals surface area contributed by atoms with Gasteiger partial charge in [-0.05, 0) is 39.7 Å². The van der Waals surface area contributed by atoms with Crippen LogP contribution in [0.15, 0.2) is 45.5 Å². The van der Waals surface area contributed by atoms with Gasteiger partial charge in [0.15, 0.2) is 0 Å². The number of methoxy groups -OCH3 is 1. The Balaban J connectivity index is 1.99. The Morgan fingerprint density at radius 1 is 1.35 bits per heavy atom. The number of hydrogen-bond acceptors (Lipinski definition) is 3. The van der Waals surface area contributed by atoms with Crippen LogP contribution >= 0.6 is 15.9 Å². The molecular weight excluding hydrogens is 282 g/mol. The molecule has 2 aromatic rings. The van der Waals surface area contributed by atoms with Crippen molar-refractivity contribution in [3.8, 4) is 0 Å². The summed E-state index contributed by atoms with van der Waals surface area (Å²) in [6, 6.07) is 10.0. The minimum atomic E-state index is 0.625. The molecule has 1 aromatic carbocycles. The van der Waals surface area contributed by atoms with E-state index in [1.54, 1.807) is 13.4 Å². The Hall–Kier alpha value is -1.26. The smallest absolute Gasteiger partial charge is 0.136 e. The summed E-state index contributed by atoms with van der Waals surface area (Å²) in [4.78, 5) is 0. The highest BCUT2D eigenvalue weighted by molar-refractivity contribution is 9.10. The highest BCUT2D eigenvalue weighted by Gasteiger charge is 2.03. The summed E-state index contributed by atoms with van der Waals surface area (Å²) >= 11 is 3.43. The van der Waals surface area contributed by atoms with Gasteiger partial charge in [0.25, 0.3) is 0 Å². The molecule has 0 fully saturated rings. The lowest BCUT2D eigenvalue weighted by molar-refractivity contribution is 0.185. The van der Waals surface area contributed by atoms with Crippen LogP contribution < -0.4 is 5.32 Å². The lowest BCUT2D eigenvalue weighted by atomic mass is 10.2. The topological polar surface area (TPSA) is 34.4 Å². The standard InChI is InChI=1S/C13H14BrNO2/c1-16-9-10-3-2-4-11(7-10)15-8-13-12(14)5-6-17-13/h2-7,15H,8-9H2,1H3.